The monoisotopic (exact) mass is 325 g/mol. The molecule has 5 N–H and O–H groups in total. The Kier molecular flexibility index (Phi) is 4.22. The van der Waals surface area contributed by atoms with Crippen LogP contribution in [-0.4, -0.2) is 17.5 Å². The number of hydrogen-bond acceptors (Lipinski definition) is 4. The number of nitrogens with one attached hydrogen (secondary N) is 1. The van der Waals surface area contributed by atoms with E-state index in [1.807, 2.05) is 36.4 Å². The molecule has 2 aromatic carbocycles. The first-order valence-corrected chi connectivity index (χ1v) is 7.64. The van der Waals surface area contributed by atoms with Crippen LogP contribution in [0.15, 0.2) is 48.5 Å². The largest absolute Gasteiger partial charge is 0.444 e. The lowest BCUT2D eigenvalue weighted by molar-refractivity contribution is -0.122. The van der Waals surface area contributed by atoms with Gasteiger partial charge in [-0.15, -0.1) is 0 Å². The highest BCUT2D eigenvalue weighted by Gasteiger charge is 2.38. The number of carbonyl (C=O) groups is 2. The van der Waals surface area contributed by atoms with Crippen molar-refractivity contribution in [2.45, 2.75) is 25.0 Å². The maximum atomic E-state index is 11.9. The van der Waals surface area contributed by atoms with Gasteiger partial charge in [0.1, 0.15) is 12.1 Å². The minimum atomic E-state index is -1.05. The number of ether oxygens (including phenoxy) is 1. The van der Waals surface area contributed by atoms with Crippen LogP contribution >= 0.6 is 0 Å². The van der Waals surface area contributed by atoms with Crippen LogP contribution in [-0.2, 0) is 29.0 Å². The normalized spacial score (nSPS) is 18.7. The lowest BCUT2D eigenvalue weighted by Gasteiger charge is -2.18. The summed E-state index contributed by atoms with van der Waals surface area (Å²) in [6.07, 6.45) is 0.244. The van der Waals surface area contributed by atoms with Crippen molar-refractivity contribution < 1.29 is 14.3 Å². The van der Waals surface area contributed by atoms with E-state index in [1.54, 1.807) is 12.1 Å². The first kappa shape index (κ1) is 16.0. The fourth-order valence-corrected chi connectivity index (χ4v) is 2.83. The fourth-order valence-electron chi connectivity index (χ4n) is 2.83. The van der Waals surface area contributed by atoms with Gasteiger partial charge in [-0.05, 0) is 35.2 Å². The molecule has 6 nitrogen and oxygen atoms in total. The molecule has 24 heavy (non-hydrogen) atoms. The highest BCUT2D eigenvalue weighted by molar-refractivity contribution is 5.87. The first-order valence-electron chi connectivity index (χ1n) is 7.64. The summed E-state index contributed by atoms with van der Waals surface area (Å²) in [5.41, 5.74) is 13.7. The molecule has 1 aliphatic rings. The molecular weight excluding hydrogens is 306 g/mol. The standard InChI is InChI=1S/C18H19N3O3/c19-16(22)18(20)9-13-6-7-15(8-14(13)10-18)21-17(23)24-11-12-4-2-1-3-5-12/h1-8H,9-11,20H2,(H2,19,22)(H,21,23). The molecule has 0 radical (unpaired) electrons. The van der Waals surface area contributed by atoms with Gasteiger partial charge < -0.3 is 16.2 Å². The zero-order chi connectivity index (χ0) is 17.2. The number of anilines is 1. The summed E-state index contributed by atoms with van der Waals surface area (Å²) in [5.74, 6) is -0.518. The van der Waals surface area contributed by atoms with E-state index in [2.05, 4.69) is 5.32 Å². The van der Waals surface area contributed by atoms with Crippen LogP contribution in [0.25, 0.3) is 0 Å². The van der Waals surface area contributed by atoms with Crippen LogP contribution < -0.4 is 16.8 Å². The van der Waals surface area contributed by atoms with Gasteiger partial charge in [0.15, 0.2) is 0 Å². The Balaban J connectivity index is 1.61. The number of hydrogen-bond donors (Lipinski definition) is 3. The van der Waals surface area contributed by atoms with Gasteiger partial charge in [-0.25, -0.2) is 4.79 Å². The van der Waals surface area contributed by atoms with E-state index in [-0.39, 0.29) is 6.61 Å². The maximum absolute atomic E-state index is 11.9. The lowest BCUT2D eigenvalue weighted by atomic mass is 9.97. The topological polar surface area (TPSA) is 107 Å². The summed E-state index contributed by atoms with van der Waals surface area (Å²) in [7, 11) is 0. The summed E-state index contributed by atoms with van der Waals surface area (Å²) in [6, 6.07) is 14.8. The van der Waals surface area contributed by atoms with Crippen LogP contribution in [0.1, 0.15) is 16.7 Å². The molecule has 0 saturated carbocycles. The summed E-state index contributed by atoms with van der Waals surface area (Å²) in [6.45, 7) is 0.200. The minimum Gasteiger partial charge on any atom is -0.444 e. The Morgan fingerprint density at radius 1 is 1.08 bits per heavy atom. The van der Waals surface area contributed by atoms with Crippen molar-refractivity contribution in [3.63, 3.8) is 0 Å². The van der Waals surface area contributed by atoms with Gasteiger partial charge in [-0.2, -0.15) is 0 Å². The average molecular weight is 325 g/mol. The highest BCUT2D eigenvalue weighted by atomic mass is 16.5. The van der Waals surface area contributed by atoms with Crippen LogP contribution in [0.5, 0.6) is 0 Å². The van der Waals surface area contributed by atoms with Gasteiger partial charge in [-0.3, -0.25) is 10.1 Å². The summed E-state index contributed by atoms with van der Waals surface area (Å²) >= 11 is 0. The SMILES string of the molecule is NC(=O)C1(N)Cc2ccc(NC(=O)OCc3ccccc3)cc2C1. The van der Waals surface area contributed by atoms with Crippen molar-refractivity contribution in [2.75, 3.05) is 5.32 Å². The number of benzene rings is 2. The zero-order valence-corrected chi connectivity index (χ0v) is 13.1. The van der Waals surface area contributed by atoms with Crippen molar-refractivity contribution in [3.05, 3.63) is 65.2 Å². The van der Waals surface area contributed by atoms with E-state index in [0.29, 0.717) is 18.5 Å². The van der Waals surface area contributed by atoms with E-state index < -0.39 is 17.5 Å². The Morgan fingerprint density at radius 3 is 2.50 bits per heavy atom. The van der Waals surface area contributed by atoms with E-state index in [9.17, 15) is 9.59 Å². The maximum Gasteiger partial charge on any atom is 0.411 e. The molecule has 124 valence electrons. The Labute approximate surface area is 139 Å². The third-order valence-electron chi connectivity index (χ3n) is 4.17. The Bertz CT molecular complexity index is 776. The van der Waals surface area contributed by atoms with Crippen molar-refractivity contribution in [1.29, 1.82) is 0 Å². The van der Waals surface area contributed by atoms with Gasteiger partial charge in [0.2, 0.25) is 5.91 Å². The number of amides is 2. The predicted octanol–water partition coefficient (Wildman–Crippen LogP) is 1.72. The van der Waals surface area contributed by atoms with Crippen molar-refractivity contribution in [3.8, 4) is 0 Å². The van der Waals surface area contributed by atoms with Crippen molar-refractivity contribution in [1.82, 2.24) is 0 Å². The molecular formula is C18H19N3O3. The van der Waals surface area contributed by atoms with E-state index in [4.69, 9.17) is 16.2 Å². The minimum absolute atomic E-state index is 0.200. The zero-order valence-electron chi connectivity index (χ0n) is 13.1. The van der Waals surface area contributed by atoms with Gasteiger partial charge in [-0.1, -0.05) is 36.4 Å². The quantitative estimate of drug-likeness (QED) is 0.795. The molecule has 0 saturated heterocycles. The fraction of sp³-hybridized carbons (Fsp3) is 0.222. The van der Waals surface area contributed by atoms with Gasteiger partial charge >= 0.3 is 6.09 Å². The molecule has 0 aliphatic heterocycles. The second-order valence-corrected chi connectivity index (χ2v) is 6.04. The summed E-state index contributed by atoms with van der Waals surface area (Å²) in [5, 5.41) is 2.68. The van der Waals surface area contributed by atoms with Crippen LogP contribution in [0.3, 0.4) is 0 Å². The Morgan fingerprint density at radius 2 is 1.79 bits per heavy atom. The number of carbonyl (C=O) groups excluding carboxylic acids is 2. The number of rotatable bonds is 4. The van der Waals surface area contributed by atoms with E-state index >= 15 is 0 Å². The molecule has 1 atom stereocenters. The second-order valence-electron chi connectivity index (χ2n) is 6.04. The van der Waals surface area contributed by atoms with Crippen molar-refractivity contribution >= 4 is 17.7 Å². The summed E-state index contributed by atoms with van der Waals surface area (Å²) < 4.78 is 5.18. The van der Waals surface area contributed by atoms with Gasteiger partial charge in [0, 0.05) is 12.1 Å². The predicted molar refractivity (Wildman–Crippen MR) is 90.2 cm³/mol. The molecule has 0 spiro atoms. The van der Waals surface area contributed by atoms with Crippen molar-refractivity contribution in [2.24, 2.45) is 11.5 Å². The average Bonchev–Trinajstić information content (AvgIpc) is 2.91. The number of nitrogens with two attached hydrogens (primary N) is 2. The van der Waals surface area contributed by atoms with Crippen LogP contribution in [0, 0.1) is 0 Å². The molecule has 1 aliphatic carbocycles. The number of primary amides is 1. The summed E-state index contributed by atoms with van der Waals surface area (Å²) in [4.78, 5) is 23.4. The van der Waals surface area contributed by atoms with Crippen LogP contribution in [0.2, 0.25) is 0 Å². The second kappa shape index (κ2) is 6.33. The lowest BCUT2D eigenvalue weighted by Crippen LogP contribution is -2.52. The van der Waals surface area contributed by atoms with E-state index in [0.717, 1.165) is 16.7 Å². The molecule has 3 rings (SSSR count). The Hall–Kier alpha value is -2.86. The number of fused-ring (bicyclic) bond motifs is 1. The molecule has 0 aromatic heterocycles. The molecule has 0 fully saturated rings. The highest BCUT2D eigenvalue weighted by Crippen LogP contribution is 2.30. The van der Waals surface area contributed by atoms with Gasteiger partial charge in [0.05, 0.1) is 0 Å². The molecule has 1 unspecified atom stereocenters. The third-order valence-corrected chi connectivity index (χ3v) is 4.17. The third kappa shape index (κ3) is 3.38. The van der Waals surface area contributed by atoms with E-state index in [1.165, 1.54) is 0 Å². The molecule has 2 aromatic rings. The molecule has 2 amide bonds. The smallest absolute Gasteiger partial charge is 0.411 e. The van der Waals surface area contributed by atoms with Crippen LogP contribution in [0.4, 0.5) is 10.5 Å². The molecule has 0 heterocycles. The molecule has 0 bridgehead atoms. The first-order chi connectivity index (χ1) is 11.5. The van der Waals surface area contributed by atoms with Gasteiger partial charge in [0.25, 0.3) is 0 Å². The molecule has 6 heteroatoms.